The number of hydrogen-bond donors (Lipinski definition) is 3. The van der Waals surface area contributed by atoms with Crippen molar-refractivity contribution < 1.29 is 17.9 Å². The second kappa shape index (κ2) is 9.33. The van der Waals surface area contributed by atoms with Crippen molar-refractivity contribution in [2.45, 2.75) is 43.8 Å². The van der Waals surface area contributed by atoms with Gasteiger partial charge in [-0.1, -0.05) is 18.2 Å². The van der Waals surface area contributed by atoms with Crippen LogP contribution in [-0.2, 0) is 26.1 Å². The highest BCUT2D eigenvalue weighted by Crippen LogP contribution is 2.17. The summed E-state index contributed by atoms with van der Waals surface area (Å²) in [6.45, 7) is 5.45. The molecule has 1 atom stereocenters. The first-order chi connectivity index (χ1) is 10.6. The third-order valence-electron chi connectivity index (χ3n) is 2.84. The molecule has 138 valence electrons. The van der Waals surface area contributed by atoms with Crippen LogP contribution in [0.1, 0.15) is 26.3 Å². The third-order valence-corrected chi connectivity index (χ3v) is 4.70. The van der Waals surface area contributed by atoms with Crippen molar-refractivity contribution in [3.63, 3.8) is 0 Å². The van der Waals surface area contributed by atoms with Crippen LogP contribution in [0.3, 0.4) is 0 Å². The molecule has 4 N–H and O–H groups in total. The molecule has 1 rings (SSSR count). The molecule has 0 fully saturated rings. The van der Waals surface area contributed by atoms with Crippen molar-refractivity contribution in [1.29, 1.82) is 0 Å². The number of hydrogen-bond acceptors (Lipinski definition) is 5. The van der Waals surface area contributed by atoms with Crippen molar-refractivity contribution in [2.75, 3.05) is 13.7 Å². The Morgan fingerprint density at radius 1 is 1.29 bits per heavy atom. The summed E-state index contributed by atoms with van der Waals surface area (Å²) in [5.74, 6) is -0.400. The lowest BCUT2D eigenvalue weighted by atomic mass is 10.1. The molecule has 0 heterocycles. The number of benzene rings is 1. The number of sulfonamides is 1. The Morgan fingerprint density at radius 3 is 2.42 bits per heavy atom. The van der Waals surface area contributed by atoms with Gasteiger partial charge in [0.2, 0.25) is 15.9 Å². The quantitative estimate of drug-likeness (QED) is 0.648. The van der Waals surface area contributed by atoms with Crippen LogP contribution < -0.4 is 15.8 Å². The average Bonchev–Trinajstić information content (AvgIpc) is 2.42. The number of nitrogens with two attached hydrogens (primary N) is 1. The Hall–Kier alpha value is -1.19. The molecular formula is C15H26ClN3O4S. The molecule has 0 saturated carbocycles. The summed E-state index contributed by atoms with van der Waals surface area (Å²) in [7, 11) is -2.23. The summed E-state index contributed by atoms with van der Waals surface area (Å²) in [5, 5.41) is 2.62. The summed E-state index contributed by atoms with van der Waals surface area (Å²) >= 11 is 0. The molecule has 1 aromatic rings. The molecule has 1 amide bonds. The Bertz CT molecular complexity index is 644. The summed E-state index contributed by atoms with van der Waals surface area (Å²) in [5.41, 5.74) is 5.52. The molecule has 0 saturated heterocycles. The lowest BCUT2D eigenvalue weighted by molar-refractivity contribution is -0.123. The summed E-state index contributed by atoms with van der Waals surface area (Å²) in [4.78, 5) is 11.9. The van der Waals surface area contributed by atoms with E-state index in [0.29, 0.717) is 5.56 Å². The average molecular weight is 380 g/mol. The van der Waals surface area contributed by atoms with Crippen LogP contribution in [0, 0.1) is 0 Å². The maximum absolute atomic E-state index is 12.5. The monoisotopic (exact) mass is 379 g/mol. The zero-order valence-electron chi connectivity index (χ0n) is 14.3. The maximum Gasteiger partial charge on any atom is 0.241 e. The van der Waals surface area contributed by atoms with E-state index in [1.807, 2.05) is 0 Å². The lowest BCUT2D eigenvalue weighted by Gasteiger charge is -2.21. The van der Waals surface area contributed by atoms with Gasteiger partial charge in [0.25, 0.3) is 0 Å². The number of carbonyl (C=O) groups is 1. The fraction of sp³-hybridized carbons (Fsp3) is 0.533. The summed E-state index contributed by atoms with van der Waals surface area (Å²) < 4.78 is 32.4. The molecule has 0 radical (unpaired) electrons. The standard InChI is InChI=1S/C15H25N3O4S.ClH/c1-15(2,3)18-23(20,21)13-8-6-5-7-11(13)9-17-14(19)12(16)10-22-4;/h5-8,12,18H,9-10,16H2,1-4H3,(H,17,19);1H. The lowest BCUT2D eigenvalue weighted by Crippen LogP contribution is -2.43. The van der Waals surface area contributed by atoms with E-state index in [1.165, 1.54) is 13.2 Å². The van der Waals surface area contributed by atoms with Crippen molar-refractivity contribution in [1.82, 2.24) is 10.0 Å². The van der Waals surface area contributed by atoms with Gasteiger partial charge in [0.15, 0.2) is 0 Å². The zero-order valence-corrected chi connectivity index (χ0v) is 16.0. The van der Waals surface area contributed by atoms with Gasteiger partial charge in [-0.05, 0) is 32.4 Å². The highest BCUT2D eigenvalue weighted by atomic mass is 35.5. The summed E-state index contributed by atoms with van der Waals surface area (Å²) in [6.07, 6.45) is 0. The maximum atomic E-state index is 12.5. The first kappa shape index (κ1) is 22.8. The number of ether oxygens (including phenoxy) is 1. The third kappa shape index (κ3) is 7.14. The van der Waals surface area contributed by atoms with Gasteiger partial charge in [-0.2, -0.15) is 0 Å². The van der Waals surface area contributed by atoms with Crippen LogP contribution in [0.5, 0.6) is 0 Å². The Labute approximate surface area is 149 Å². The largest absolute Gasteiger partial charge is 0.383 e. The molecule has 9 heteroatoms. The first-order valence-corrected chi connectivity index (χ1v) is 8.69. The molecule has 0 aliphatic rings. The van der Waals surface area contributed by atoms with Crippen LogP contribution in [0.2, 0.25) is 0 Å². The van der Waals surface area contributed by atoms with Crippen molar-refractivity contribution >= 4 is 28.3 Å². The normalized spacial score (nSPS) is 13.0. The molecular weight excluding hydrogens is 354 g/mol. The number of rotatable bonds is 7. The van der Waals surface area contributed by atoms with E-state index in [9.17, 15) is 13.2 Å². The van der Waals surface area contributed by atoms with Crippen LogP contribution >= 0.6 is 12.4 Å². The van der Waals surface area contributed by atoms with Gasteiger partial charge in [-0.3, -0.25) is 4.79 Å². The predicted molar refractivity (Wildman–Crippen MR) is 95.5 cm³/mol. The fourth-order valence-corrected chi connectivity index (χ4v) is 3.60. The Balaban J connectivity index is 0.00000529. The molecule has 0 bridgehead atoms. The summed E-state index contributed by atoms with van der Waals surface area (Å²) in [6, 6.07) is 5.71. The number of methoxy groups -OCH3 is 1. The van der Waals surface area contributed by atoms with E-state index in [1.54, 1.807) is 39.0 Å². The van der Waals surface area contributed by atoms with Gasteiger partial charge >= 0.3 is 0 Å². The molecule has 0 aliphatic carbocycles. The van der Waals surface area contributed by atoms with E-state index in [2.05, 4.69) is 10.0 Å². The van der Waals surface area contributed by atoms with Gasteiger partial charge in [0.05, 0.1) is 11.5 Å². The van der Waals surface area contributed by atoms with E-state index in [-0.39, 0.29) is 30.5 Å². The molecule has 7 nitrogen and oxygen atoms in total. The van der Waals surface area contributed by atoms with E-state index >= 15 is 0 Å². The molecule has 0 spiro atoms. The van der Waals surface area contributed by atoms with Crippen LogP contribution in [0.25, 0.3) is 0 Å². The topological polar surface area (TPSA) is 111 Å². The molecule has 24 heavy (non-hydrogen) atoms. The van der Waals surface area contributed by atoms with Gasteiger partial charge in [0.1, 0.15) is 6.04 Å². The van der Waals surface area contributed by atoms with Crippen LogP contribution in [-0.4, -0.2) is 39.6 Å². The van der Waals surface area contributed by atoms with Crippen molar-refractivity contribution in [3.05, 3.63) is 29.8 Å². The second-order valence-corrected chi connectivity index (χ2v) is 7.89. The molecule has 1 unspecified atom stereocenters. The predicted octanol–water partition coefficient (Wildman–Crippen LogP) is 0.775. The minimum absolute atomic E-state index is 0. The first-order valence-electron chi connectivity index (χ1n) is 7.21. The van der Waals surface area contributed by atoms with E-state index in [0.717, 1.165) is 0 Å². The minimum atomic E-state index is -3.68. The number of nitrogens with one attached hydrogen (secondary N) is 2. The van der Waals surface area contributed by atoms with Gasteiger partial charge < -0.3 is 15.8 Å². The smallest absolute Gasteiger partial charge is 0.241 e. The van der Waals surface area contributed by atoms with Crippen LogP contribution in [0.4, 0.5) is 0 Å². The minimum Gasteiger partial charge on any atom is -0.383 e. The van der Waals surface area contributed by atoms with E-state index < -0.39 is 27.5 Å². The molecule has 0 aliphatic heterocycles. The van der Waals surface area contributed by atoms with Gasteiger partial charge in [-0.25, -0.2) is 13.1 Å². The highest BCUT2D eigenvalue weighted by molar-refractivity contribution is 7.89. The van der Waals surface area contributed by atoms with Gasteiger partial charge in [0, 0.05) is 19.2 Å². The molecule has 1 aromatic carbocycles. The van der Waals surface area contributed by atoms with E-state index in [4.69, 9.17) is 10.5 Å². The highest BCUT2D eigenvalue weighted by Gasteiger charge is 2.24. The fourth-order valence-electron chi connectivity index (χ4n) is 1.94. The van der Waals surface area contributed by atoms with Crippen molar-refractivity contribution in [3.8, 4) is 0 Å². The SMILES string of the molecule is COCC(N)C(=O)NCc1ccccc1S(=O)(=O)NC(C)(C)C.Cl. The number of carbonyl (C=O) groups excluding carboxylic acids is 1. The molecule has 0 aromatic heterocycles. The Morgan fingerprint density at radius 2 is 1.88 bits per heavy atom. The second-order valence-electron chi connectivity index (χ2n) is 6.24. The Kier molecular flexibility index (Phi) is 8.87. The number of amides is 1. The van der Waals surface area contributed by atoms with Gasteiger partial charge in [-0.15, -0.1) is 12.4 Å². The van der Waals surface area contributed by atoms with Crippen LogP contribution in [0.15, 0.2) is 29.2 Å². The number of halogens is 1. The van der Waals surface area contributed by atoms with Crippen molar-refractivity contribution in [2.24, 2.45) is 5.73 Å². The zero-order chi connectivity index (χ0) is 17.7.